The molecule has 0 saturated heterocycles. The zero-order valence-corrected chi connectivity index (χ0v) is 9.31. The summed E-state index contributed by atoms with van der Waals surface area (Å²) in [7, 11) is 0. The van der Waals surface area contributed by atoms with Gasteiger partial charge in [0.25, 0.3) is 0 Å². The maximum Gasteiger partial charge on any atom is 0.123 e. The van der Waals surface area contributed by atoms with E-state index in [2.05, 4.69) is 20.9 Å². The molecule has 2 aromatic rings. The fourth-order valence-corrected chi connectivity index (χ4v) is 1.99. The molecule has 0 fully saturated rings. The lowest BCUT2D eigenvalue weighted by molar-refractivity contribution is 0.629. The molecule has 3 heteroatoms. The number of hydrogen-bond acceptors (Lipinski definition) is 1. The molecular formula is C11H9BrFN. The van der Waals surface area contributed by atoms with Crippen LogP contribution in [0.5, 0.6) is 0 Å². The Kier molecular flexibility index (Phi) is 2.50. The highest BCUT2D eigenvalue weighted by Gasteiger charge is 2.03. The Labute approximate surface area is 90.1 Å². The van der Waals surface area contributed by atoms with Crippen LogP contribution in [0.4, 0.5) is 4.39 Å². The number of benzene rings is 1. The first kappa shape index (κ1) is 9.59. The molecule has 0 amide bonds. The number of aryl methyl sites for hydroxylation is 1. The molecule has 0 aliphatic rings. The SMILES string of the molecule is Cc1cc(CBr)c2cc(F)ccc2n1. The van der Waals surface area contributed by atoms with Gasteiger partial charge in [-0.3, -0.25) is 4.98 Å². The van der Waals surface area contributed by atoms with Crippen molar-refractivity contribution in [3.8, 4) is 0 Å². The van der Waals surface area contributed by atoms with Gasteiger partial charge in [0.05, 0.1) is 5.52 Å². The van der Waals surface area contributed by atoms with Crippen molar-refractivity contribution >= 4 is 26.8 Å². The fourth-order valence-electron chi connectivity index (χ4n) is 1.53. The van der Waals surface area contributed by atoms with Gasteiger partial charge in [0.15, 0.2) is 0 Å². The van der Waals surface area contributed by atoms with Crippen LogP contribution in [0.3, 0.4) is 0 Å². The van der Waals surface area contributed by atoms with Crippen LogP contribution < -0.4 is 0 Å². The van der Waals surface area contributed by atoms with E-state index < -0.39 is 0 Å². The minimum Gasteiger partial charge on any atom is -0.253 e. The molecular weight excluding hydrogens is 245 g/mol. The Morgan fingerprint density at radius 1 is 1.36 bits per heavy atom. The second-order valence-corrected chi connectivity index (χ2v) is 3.78. The van der Waals surface area contributed by atoms with Gasteiger partial charge >= 0.3 is 0 Å². The molecule has 0 atom stereocenters. The normalized spacial score (nSPS) is 10.8. The molecule has 2 rings (SSSR count). The average molecular weight is 254 g/mol. The smallest absolute Gasteiger partial charge is 0.123 e. The lowest BCUT2D eigenvalue weighted by Crippen LogP contribution is -1.90. The fraction of sp³-hybridized carbons (Fsp3) is 0.182. The molecule has 0 aliphatic heterocycles. The standard InChI is InChI=1S/C11H9BrFN/c1-7-4-8(6-12)10-5-9(13)2-3-11(10)14-7/h2-5H,6H2,1H3. The third kappa shape index (κ3) is 1.64. The lowest BCUT2D eigenvalue weighted by Gasteiger charge is -2.04. The predicted octanol–water partition coefficient (Wildman–Crippen LogP) is 3.58. The molecule has 0 saturated carbocycles. The quantitative estimate of drug-likeness (QED) is 0.709. The summed E-state index contributed by atoms with van der Waals surface area (Å²) < 4.78 is 13.0. The van der Waals surface area contributed by atoms with Crippen LogP contribution in [0.15, 0.2) is 24.3 Å². The Morgan fingerprint density at radius 2 is 2.14 bits per heavy atom. The molecule has 0 N–H and O–H groups in total. The number of nitrogens with zero attached hydrogens (tertiary/aromatic N) is 1. The summed E-state index contributed by atoms with van der Waals surface area (Å²) >= 11 is 3.39. The Hall–Kier alpha value is -0.960. The molecule has 1 aromatic carbocycles. The summed E-state index contributed by atoms with van der Waals surface area (Å²) in [5.41, 5.74) is 2.88. The van der Waals surface area contributed by atoms with Gasteiger partial charge in [0.2, 0.25) is 0 Å². The van der Waals surface area contributed by atoms with E-state index in [1.54, 1.807) is 6.07 Å². The molecule has 14 heavy (non-hydrogen) atoms. The number of aromatic nitrogens is 1. The van der Waals surface area contributed by atoms with E-state index in [-0.39, 0.29) is 5.82 Å². The monoisotopic (exact) mass is 253 g/mol. The topological polar surface area (TPSA) is 12.9 Å². The molecule has 0 spiro atoms. The van der Waals surface area contributed by atoms with Crippen molar-refractivity contribution in [2.75, 3.05) is 0 Å². The minimum atomic E-state index is -0.217. The van der Waals surface area contributed by atoms with E-state index in [1.165, 1.54) is 12.1 Å². The van der Waals surface area contributed by atoms with Gasteiger partial charge in [-0.2, -0.15) is 0 Å². The van der Waals surface area contributed by atoms with E-state index in [9.17, 15) is 4.39 Å². The predicted molar refractivity (Wildman–Crippen MR) is 59.1 cm³/mol. The van der Waals surface area contributed by atoms with Gasteiger partial charge in [-0.1, -0.05) is 15.9 Å². The second kappa shape index (κ2) is 3.65. The average Bonchev–Trinajstić information content (AvgIpc) is 2.17. The van der Waals surface area contributed by atoms with Crippen LogP contribution in [0, 0.1) is 12.7 Å². The summed E-state index contributed by atoms with van der Waals surface area (Å²) in [6, 6.07) is 6.64. The summed E-state index contributed by atoms with van der Waals surface area (Å²) in [5, 5.41) is 1.60. The zero-order chi connectivity index (χ0) is 10.1. The highest BCUT2D eigenvalue weighted by Crippen LogP contribution is 2.21. The van der Waals surface area contributed by atoms with E-state index in [1.807, 2.05) is 13.0 Å². The van der Waals surface area contributed by atoms with Crippen molar-refractivity contribution in [1.82, 2.24) is 4.98 Å². The number of halogens is 2. The highest BCUT2D eigenvalue weighted by atomic mass is 79.9. The third-order valence-electron chi connectivity index (χ3n) is 2.13. The molecule has 1 nitrogen and oxygen atoms in total. The Bertz CT molecular complexity index is 482. The van der Waals surface area contributed by atoms with Crippen LogP contribution in [0.1, 0.15) is 11.3 Å². The zero-order valence-electron chi connectivity index (χ0n) is 7.72. The van der Waals surface area contributed by atoms with Crippen LogP contribution in [-0.2, 0) is 5.33 Å². The molecule has 0 aliphatic carbocycles. The number of hydrogen-bond donors (Lipinski definition) is 0. The molecule has 0 bridgehead atoms. The van der Waals surface area contributed by atoms with Crippen molar-refractivity contribution < 1.29 is 4.39 Å². The third-order valence-corrected chi connectivity index (χ3v) is 2.73. The summed E-state index contributed by atoms with van der Waals surface area (Å²) in [6.07, 6.45) is 0. The molecule has 0 radical (unpaired) electrons. The molecule has 1 heterocycles. The van der Waals surface area contributed by atoms with Crippen LogP contribution in [-0.4, -0.2) is 4.98 Å². The van der Waals surface area contributed by atoms with Crippen LogP contribution >= 0.6 is 15.9 Å². The van der Waals surface area contributed by atoms with E-state index in [0.29, 0.717) is 0 Å². The minimum absolute atomic E-state index is 0.217. The number of alkyl halides is 1. The molecule has 1 aromatic heterocycles. The molecule has 72 valence electrons. The maximum atomic E-state index is 13.0. The van der Waals surface area contributed by atoms with Gasteiger partial charge in [-0.15, -0.1) is 0 Å². The number of pyridine rings is 1. The van der Waals surface area contributed by atoms with Gasteiger partial charge in [-0.05, 0) is 36.8 Å². The molecule has 0 unspecified atom stereocenters. The summed E-state index contributed by atoms with van der Waals surface area (Å²) in [6.45, 7) is 1.94. The first-order chi connectivity index (χ1) is 6.70. The van der Waals surface area contributed by atoms with Crippen molar-refractivity contribution in [3.05, 3.63) is 41.3 Å². The van der Waals surface area contributed by atoms with E-state index in [0.717, 1.165) is 27.5 Å². The number of rotatable bonds is 1. The first-order valence-corrected chi connectivity index (χ1v) is 5.44. The van der Waals surface area contributed by atoms with Gasteiger partial charge in [0, 0.05) is 16.4 Å². The van der Waals surface area contributed by atoms with Crippen molar-refractivity contribution in [2.45, 2.75) is 12.3 Å². The van der Waals surface area contributed by atoms with E-state index in [4.69, 9.17) is 0 Å². The Morgan fingerprint density at radius 3 is 2.86 bits per heavy atom. The van der Waals surface area contributed by atoms with Gasteiger partial charge in [-0.25, -0.2) is 4.39 Å². The summed E-state index contributed by atoms with van der Waals surface area (Å²) in [5.74, 6) is -0.217. The first-order valence-electron chi connectivity index (χ1n) is 4.32. The van der Waals surface area contributed by atoms with Crippen LogP contribution in [0.2, 0.25) is 0 Å². The lowest BCUT2D eigenvalue weighted by atomic mass is 10.1. The summed E-state index contributed by atoms with van der Waals surface area (Å²) in [4.78, 5) is 4.34. The maximum absolute atomic E-state index is 13.0. The highest BCUT2D eigenvalue weighted by molar-refractivity contribution is 9.08. The van der Waals surface area contributed by atoms with Gasteiger partial charge in [0.1, 0.15) is 5.82 Å². The van der Waals surface area contributed by atoms with Crippen molar-refractivity contribution in [1.29, 1.82) is 0 Å². The van der Waals surface area contributed by atoms with Crippen molar-refractivity contribution in [3.63, 3.8) is 0 Å². The van der Waals surface area contributed by atoms with E-state index >= 15 is 0 Å². The van der Waals surface area contributed by atoms with Crippen LogP contribution in [0.25, 0.3) is 10.9 Å². The largest absolute Gasteiger partial charge is 0.253 e. The second-order valence-electron chi connectivity index (χ2n) is 3.22. The van der Waals surface area contributed by atoms with Gasteiger partial charge < -0.3 is 0 Å². The Balaban J connectivity index is 2.81. The number of fused-ring (bicyclic) bond motifs is 1. The van der Waals surface area contributed by atoms with Crippen molar-refractivity contribution in [2.24, 2.45) is 0 Å².